The van der Waals surface area contributed by atoms with Crippen LogP contribution in [0.2, 0.25) is 0 Å². The molecule has 0 spiro atoms. The second kappa shape index (κ2) is 5.98. The van der Waals surface area contributed by atoms with Crippen LogP contribution >= 0.6 is 15.9 Å². The molecule has 0 saturated carbocycles. The monoisotopic (exact) mass is 319 g/mol. The van der Waals surface area contributed by atoms with E-state index in [0.29, 0.717) is 6.54 Å². The molecule has 1 atom stereocenters. The molecular formula is C12H18BrNO2S. The highest BCUT2D eigenvalue weighted by molar-refractivity contribution is 9.10. The first-order valence-electron chi connectivity index (χ1n) is 5.57. The SMILES string of the molecule is CC(C)S(=O)(=O)NC[C@H](C)c1ccc(Br)cc1. The number of hydrogen-bond donors (Lipinski definition) is 1. The van der Waals surface area contributed by atoms with Crippen molar-refractivity contribution in [2.45, 2.75) is 31.9 Å². The topological polar surface area (TPSA) is 46.2 Å². The molecule has 1 aromatic rings. The van der Waals surface area contributed by atoms with E-state index < -0.39 is 10.0 Å². The van der Waals surface area contributed by atoms with Gasteiger partial charge in [0.2, 0.25) is 10.0 Å². The smallest absolute Gasteiger partial charge is 0.213 e. The molecule has 3 nitrogen and oxygen atoms in total. The molecule has 0 aliphatic rings. The van der Waals surface area contributed by atoms with Crippen molar-refractivity contribution in [3.8, 4) is 0 Å². The molecule has 0 amide bonds. The molecule has 0 fully saturated rings. The Hall–Kier alpha value is -0.390. The average Bonchev–Trinajstić information content (AvgIpc) is 2.27. The first-order chi connectivity index (χ1) is 7.83. The van der Waals surface area contributed by atoms with Crippen molar-refractivity contribution in [1.82, 2.24) is 4.72 Å². The Labute approximate surface area is 112 Å². The van der Waals surface area contributed by atoms with E-state index in [0.717, 1.165) is 10.0 Å². The largest absolute Gasteiger partial charge is 0.214 e. The molecule has 96 valence electrons. The van der Waals surface area contributed by atoms with E-state index in [9.17, 15) is 8.42 Å². The zero-order chi connectivity index (χ0) is 13.1. The summed E-state index contributed by atoms with van der Waals surface area (Å²) in [6, 6.07) is 7.92. The van der Waals surface area contributed by atoms with Crippen molar-refractivity contribution in [3.05, 3.63) is 34.3 Å². The van der Waals surface area contributed by atoms with Crippen LogP contribution < -0.4 is 4.72 Å². The maximum Gasteiger partial charge on any atom is 0.213 e. The van der Waals surface area contributed by atoms with E-state index in [1.54, 1.807) is 13.8 Å². The molecule has 0 aliphatic carbocycles. The maximum atomic E-state index is 11.6. The van der Waals surface area contributed by atoms with E-state index in [4.69, 9.17) is 0 Å². The first-order valence-corrected chi connectivity index (χ1v) is 7.91. The third-order valence-electron chi connectivity index (χ3n) is 2.65. The highest BCUT2D eigenvalue weighted by atomic mass is 79.9. The molecule has 0 bridgehead atoms. The first kappa shape index (κ1) is 14.7. The number of hydrogen-bond acceptors (Lipinski definition) is 2. The molecule has 5 heteroatoms. The summed E-state index contributed by atoms with van der Waals surface area (Å²) in [5, 5.41) is -0.389. The Kier molecular flexibility index (Phi) is 5.16. The summed E-state index contributed by atoms with van der Waals surface area (Å²) in [6.07, 6.45) is 0. The van der Waals surface area contributed by atoms with Crippen LogP contribution in [0.3, 0.4) is 0 Å². The summed E-state index contributed by atoms with van der Waals surface area (Å²) < 4.78 is 26.9. The van der Waals surface area contributed by atoms with E-state index in [2.05, 4.69) is 20.7 Å². The van der Waals surface area contributed by atoms with Gasteiger partial charge >= 0.3 is 0 Å². The summed E-state index contributed by atoms with van der Waals surface area (Å²) in [5.41, 5.74) is 1.12. The van der Waals surface area contributed by atoms with E-state index in [1.165, 1.54) is 0 Å². The molecule has 1 rings (SSSR count). The van der Waals surface area contributed by atoms with Crippen molar-refractivity contribution >= 4 is 26.0 Å². The third-order valence-corrected chi connectivity index (χ3v) is 4.99. The molecule has 0 radical (unpaired) electrons. The van der Waals surface area contributed by atoms with Crippen LogP contribution in [0.4, 0.5) is 0 Å². The Morgan fingerprint density at radius 1 is 1.18 bits per heavy atom. The molecular weight excluding hydrogens is 302 g/mol. The van der Waals surface area contributed by atoms with Crippen LogP contribution in [-0.4, -0.2) is 20.2 Å². The van der Waals surface area contributed by atoms with E-state index in [1.807, 2.05) is 31.2 Å². The van der Waals surface area contributed by atoms with Crippen LogP contribution in [0.1, 0.15) is 32.3 Å². The summed E-state index contributed by atoms with van der Waals surface area (Å²) in [6.45, 7) is 5.79. The zero-order valence-electron chi connectivity index (χ0n) is 10.3. The predicted molar refractivity (Wildman–Crippen MR) is 74.6 cm³/mol. The Morgan fingerprint density at radius 3 is 2.18 bits per heavy atom. The summed E-state index contributed by atoms with van der Waals surface area (Å²) in [5.74, 6) is 0.164. The minimum atomic E-state index is -3.17. The molecule has 17 heavy (non-hydrogen) atoms. The highest BCUT2D eigenvalue weighted by Crippen LogP contribution is 2.18. The predicted octanol–water partition coefficient (Wildman–Crippen LogP) is 2.88. The molecule has 1 aromatic carbocycles. The lowest BCUT2D eigenvalue weighted by atomic mass is 10.0. The lowest BCUT2D eigenvalue weighted by molar-refractivity contribution is 0.566. The second-order valence-corrected chi connectivity index (χ2v) is 7.63. The fourth-order valence-electron chi connectivity index (χ4n) is 1.32. The van der Waals surface area contributed by atoms with Crippen LogP contribution in [0.5, 0.6) is 0 Å². The van der Waals surface area contributed by atoms with Gasteiger partial charge in [0.05, 0.1) is 5.25 Å². The Morgan fingerprint density at radius 2 is 1.71 bits per heavy atom. The molecule has 0 saturated heterocycles. The lowest BCUT2D eigenvalue weighted by Gasteiger charge is -2.15. The summed E-state index contributed by atoms with van der Waals surface area (Å²) >= 11 is 3.37. The van der Waals surface area contributed by atoms with Gasteiger partial charge in [-0.3, -0.25) is 0 Å². The van der Waals surface area contributed by atoms with Crippen LogP contribution in [0.25, 0.3) is 0 Å². The maximum absolute atomic E-state index is 11.6. The minimum Gasteiger partial charge on any atom is -0.214 e. The van der Waals surface area contributed by atoms with Crippen LogP contribution in [0.15, 0.2) is 28.7 Å². The van der Waals surface area contributed by atoms with Crippen molar-refractivity contribution in [1.29, 1.82) is 0 Å². The lowest BCUT2D eigenvalue weighted by Crippen LogP contribution is -2.33. The van der Waals surface area contributed by atoms with Gasteiger partial charge in [-0.25, -0.2) is 13.1 Å². The molecule has 0 aliphatic heterocycles. The number of nitrogens with one attached hydrogen (secondary N) is 1. The molecule has 0 heterocycles. The van der Waals surface area contributed by atoms with Gasteiger partial charge in [0.25, 0.3) is 0 Å². The molecule has 0 unspecified atom stereocenters. The van der Waals surface area contributed by atoms with Gasteiger partial charge in [-0.15, -0.1) is 0 Å². The third kappa shape index (κ3) is 4.41. The van der Waals surface area contributed by atoms with Crippen LogP contribution in [-0.2, 0) is 10.0 Å². The fraction of sp³-hybridized carbons (Fsp3) is 0.500. The van der Waals surface area contributed by atoms with Gasteiger partial charge in [0, 0.05) is 11.0 Å². The number of benzene rings is 1. The quantitative estimate of drug-likeness (QED) is 0.907. The average molecular weight is 320 g/mol. The van der Waals surface area contributed by atoms with Gasteiger partial charge in [-0.1, -0.05) is 35.0 Å². The number of sulfonamides is 1. The fourth-order valence-corrected chi connectivity index (χ4v) is 2.40. The van der Waals surface area contributed by atoms with Crippen molar-refractivity contribution in [2.75, 3.05) is 6.54 Å². The van der Waals surface area contributed by atoms with Crippen LogP contribution in [0, 0.1) is 0 Å². The zero-order valence-corrected chi connectivity index (χ0v) is 12.7. The minimum absolute atomic E-state index is 0.164. The standard InChI is InChI=1S/C12H18BrNO2S/c1-9(2)17(15,16)14-8-10(3)11-4-6-12(13)7-5-11/h4-7,9-10,14H,8H2,1-3H3/t10-/m0/s1. The highest BCUT2D eigenvalue weighted by Gasteiger charge is 2.16. The van der Waals surface area contributed by atoms with Crippen molar-refractivity contribution < 1.29 is 8.42 Å². The Balaban J connectivity index is 2.62. The van der Waals surface area contributed by atoms with E-state index >= 15 is 0 Å². The number of halogens is 1. The molecule has 1 N–H and O–H groups in total. The normalized spacial score (nSPS) is 13.9. The van der Waals surface area contributed by atoms with Gasteiger partial charge in [-0.2, -0.15) is 0 Å². The van der Waals surface area contributed by atoms with Gasteiger partial charge in [-0.05, 0) is 37.5 Å². The van der Waals surface area contributed by atoms with E-state index in [-0.39, 0.29) is 11.2 Å². The summed E-state index contributed by atoms with van der Waals surface area (Å²) in [7, 11) is -3.17. The second-order valence-electron chi connectivity index (χ2n) is 4.39. The number of rotatable bonds is 5. The van der Waals surface area contributed by atoms with Gasteiger partial charge < -0.3 is 0 Å². The molecule has 0 aromatic heterocycles. The van der Waals surface area contributed by atoms with Crippen molar-refractivity contribution in [3.63, 3.8) is 0 Å². The van der Waals surface area contributed by atoms with Gasteiger partial charge in [0.1, 0.15) is 0 Å². The van der Waals surface area contributed by atoms with Gasteiger partial charge in [0.15, 0.2) is 0 Å². The van der Waals surface area contributed by atoms with Crippen molar-refractivity contribution in [2.24, 2.45) is 0 Å². The summed E-state index contributed by atoms with van der Waals surface area (Å²) in [4.78, 5) is 0. The Bertz CT molecular complexity index is 454.